The van der Waals surface area contributed by atoms with Crippen LogP contribution in [-0.2, 0) is 6.54 Å². The molecule has 2 N–H and O–H groups in total. The van der Waals surface area contributed by atoms with Gasteiger partial charge in [0.15, 0.2) is 0 Å². The van der Waals surface area contributed by atoms with Crippen LogP contribution in [0.15, 0.2) is 24.3 Å². The number of nitrogens with zero attached hydrogens (tertiary/aromatic N) is 1. The largest absolute Gasteiger partial charge is 0.508 e. The van der Waals surface area contributed by atoms with E-state index in [1.807, 2.05) is 12.1 Å². The average molecular weight is 354 g/mol. The molecule has 0 unspecified atom stereocenters. The number of hydrogen-bond donors (Lipinski definition) is 2. The quantitative estimate of drug-likeness (QED) is 0.853. The van der Waals surface area contributed by atoms with E-state index in [9.17, 15) is 0 Å². The summed E-state index contributed by atoms with van der Waals surface area (Å²) in [6.07, 6.45) is 0. The Hall–Kier alpha value is -0.100. The predicted molar refractivity (Wildman–Crippen MR) is 76.9 cm³/mol. The van der Waals surface area contributed by atoms with Crippen molar-refractivity contribution in [2.24, 2.45) is 0 Å². The van der Waals surface area contributed by atoms with Crippen molar-refractivity contribution in [1.29, 1.82) is 0 Å². The minimum Gasteiger partial charge on any atom is -0.508 e. The zero-order valence-corrected chi connectivity index (χ0v) is 12.5. The van der Waals surface area contributed by atoms with Crippen molar-refractivity contribution < 1.29 is 5.11 Å². The Morgan fingerprint density at radius 3 is 2.19 bits per heavy atom. The topological polar surface area (TPSA) is 35.5 Å². The highest BCUT2D eigenvalue weighted by atomic mass is 79.9. The zero-order chi connectivity index (χ0) is 9.80. The van der Waals surface area contributed by atoms with E-state index in [0.29, 0.717) is 5.75 Å². The number of rotatable bonds is 2. The van der Waals surface area contributed by atoms with Crippen LogP contribution in [0.2, 0.25) is 0 Å². The van der Waals surface area contributed by atoms with Gasteiger partial charge in [-0.3, -0.25) is 4.90 Å². The van der Waals surface area contributed by atoms with Crippen LogP contribution in [0, 0.1) is 0 Å². The van der Waals surface area contributed by atoms with Crippen LogP contribution in [0.4, 0.5) is 0 Å². The van der Waals surface area contributed by atoms with Gasteiger partial charge >= 0.3 is 0 Å². The molecule has 92 valence electrons. The smallest absolute Gasteiger partial charge is 0.115 e. The van der Waals surface area contributed by atoms with Crippen LogP contribution in [0.5, 0.6) is 5.75 Å². The van der Waals surface area contributed by atoms with Gasteiger partial charge in [0.1, 0.15) is 5.75 Å². The Kier molecular flexibility index (Phi) is 8.01. The third kappa shape index (κ3) is 4.82. The SMILES string of the molecule is Br.Br.Oc1ccc(CN2CCNCC2)cc1. The first-order valence-corrected chi connectivity index (χ1v) is 5.05. The summed E-state index contributed by atoms with van der Waals surface area (Å²) < 4.78 is 0. The highest BCUT2D eigenvalue weighted by Crippen LogP contribution is 2.11. The molecule has 5 heteroatoms. The van der Waals surface area contributed by atoms with Crippen LogP contribution in [0.25, 0.3) is 0 Å². The van der Waals surface area contributed by atoms with E-state index in [4.69, 9.17) is 5.11 Å². The summed E-state index contributed by atoms with van der Waals surface area (Å²) in [7, 11) is 0. The van der Waals surface area contributed by atoms with Gasteiger partial charge in [0.25, 0.3) is 0 Å². The molecule has 0 spiro atoms. The maximum atomic E-state index is 9.14. The second-order valence-corrected chi connectivity index (χ2v) is 3.69. The lowest BCUT2D eigenvalue weighted by Crippen LogP contribution is -2.42. The fraction of sp³-hybridized carbons (Fsp3) is 0.455. The van der Waals surface area contributed by atoms with Crippen molar-refractivity contribution in [3.05, 3.63) is 29.8 Å². The molecule has 1 fully saturated rings. The molecule has 1 aromatic carbocycles. The van der Waals surface area contributed by atoms with E-state index < -0.39 is 0 Å². The lowest BCUT2D eigenvalue weighted by molar-refractivity contribution is 0.233. The normalized spacial score (nSPS) is 16.0. The Morgan fingerprint density at radius 1 is 1.06 bits per heavy atom. The monoisotopic (exact) mass is 352 g/mol. The second-order valence-electron chi connectivity index (χ2n) is 3.69. The van der Waals surface area contributed by atoms with E-state index in [2.05, 4.69) is 10.2 Å². The van der Waals surface area contributed by atoms with Gasteiger partial charge in [0.05, 0.1) is 0 Å². The van der Waals surface area contributed by atoms with Crippen LogP contribution in [-0.4, -0.2) is 36.2 Å². The minimum atomic E-state index is 0. The van der Waals surface area contributed by atoms with Gasteiger partial charge in [-0.25, -0.2) is 0 Å². The zero-order valence-electron chi connectivity index (χ0n) is 9.06. The fourth-order valence-corrected chi connectivity index (χ4v) is 1.73. The number of hydrogen-bond acceptors (Lipinski definition) is 3. The molecule has 3 nitrogen and oxygen atoms in total. The summed E-state index contributed by atoms with van der Waals surface area (Å²) in [5, 5.41) is 12.5. The van der Waals surface area contributed by atoms with E-state index in [1.54, 1.807) is 12.1 Å². The Balaban J connectivity index is 0.00000112. The number of benzene rings is 1. The summed E-state index contributed by atoms with van der Waals surface area (Å²) in [5.74, 6) is 0.342. The van der Waals surface area contributed by atoms with Crippen molar-refractivity contribution >= 4 is 34.0 Å². The highest BCUT2D eigenvalue weighted by Gasteiger charge is 2.09. The number of piperazine rings is 1. The number of nitrogens with one attached hydrogen (secondary N) is 1. The molecule has 0 bridgehead atoms. The molecule has 1 aliphatic heterocycles. The molecule has 0 saturated carbocycles. The molecule has 0 radical (unpaired) electrons. The first-order valence-electron chi connectivity index (χ1n) is 5.05. The lowest BCUT2D eigenvalue weighted by Gasteiger charge is -2.27. The van der Waals surface area contributed by atoms with Crippen LogP contribution in [0.1, 0.15) is 5.56 Å². The van der Waals surface area contributed by atoms with E-state index in [1.165, 1.54) is 5.56 Å². The maximum absolute atomic E-state index is 9.14. The standard InChI is InChI=1S/C11H16N2O.2BrH/c14-11-3-1-10(2-4-11)9-13-7-5-12-6-8-13;;/h1-4,12,14H,5-9H2;2*1H. The summed E-state index contributed by atoms with van der Waals surface area (Å²) >= 11 is 0. The maximum Gasteiger partial charge on any atom is 0.115 e. The molecule has 0 amide bonds. The van der Waals surface area contributed by atoms with Gasteiger partial charge < -0.3 is 10.4 Å². The lowest BCUT2D eigenvalue weighted by atomic mass is 10.2. The van der Waals surface area contributed by atoms with Gasteiger partial charge in [-0.1, -0.05) is 12.1 Å². The number of halogens is 2. The van der Waals surface area contributed by atoms with Gasteiger partial charge in [0, 0.05) is 32.7 Å². The molecule has 0 atom stereocenters. The fourth-order valence-electron chi connectivity index (χ4n) is 1.73. The summed E-state index contributed by atoms with van der Waals surface area (Å²) in [6, 6.07) is 7.46. The first-order chi connectivity index (χ1) is 6.84. The Morgan fingerprint density at radius 2 is 1.62 bits per heavy atom. The number of phenolic OH excluding ortho intramolecular Hbond substituents is 1. The van der Waals surface area contributed by atoms with Crippen LogP contribution >= 0.6 is 34.0 Å². The molecular weight excluding hydrogens is 336 g/mol. The average Bonchev–Trinajstić information content (AvgIpc) is 2.23. The van der Waals surface area contributed by atoms with Crippen molar-refractivity contribution in [2.75, 3.05) is 26.2 Å². The summed E-state index contributed by atoms with van der Waals surface area (Å²) in [5.41, 5.74) is 1.27. The van der Waals surface area contributed by atoms with E-state index in [0.717, 1.165) is 32.7 Å². The molecular formula is C11H18Br2N2O. The molecule has 1 heterocycles. The van der Waals surface area contributed by atoms with Gasteiger partial charge in [0.2, 0.25) is 0 Å². The second kappa shape index (κ2) is 8.06. The first kappa shape index (κ1) is 15.9. The Bertz CT molecular complexity index is 287. The van der Waals surface area contributed by atoms with E-state index >= 15 is 0 Å². The van der Waals surface area contributed by atoms with Crippen molar-refractivity contribution in [3.63, 3.8) is 0 Å². The van der Waals surface area contributed by atoms with Gasteiger partial charge in [-0.2, -0.15) is 0 Å². The highest BCUT2D eigenvalue weighted by molar-refractivity contribution is 8.93. The molecule has 1 saturated heterocycles. The van der Waals surface area contributed by atoms with Crippen molar-refractivity contribution in [1.82, 2.24) is 10.2 Å². The molecule has 1 aromatic rings. The van der Waals surface area contributed by atoms with Crippen molar-refractivity contribution in [2.45, 2.75) is 6.54 Å². The summed E-state index contributed by atoms with van der Waals surface area (Å²) in [6.45, 7) is 5.37. The molecule has 2 rings (SSSR count). The number of phenols is 1. The third-order valence-corrected chi connectivity index (χ3v) is 2.55. The van der Waals surface area contributed by atoms with Crippen LogP contribution < -0.4 is 5.32 Å². The van der Waals surface area contributed by atoms with E-state index in [-0.39, 0.29) is 34.0 Å². The molecule has 16 heavy (non-hydrogen) atoms. The molecule has 0 aliphatic carbocycles. The van der Waals surface area contributed by atoms with Crippen molar-refractivity contribution in [3.8, 4) is 5.75 Å². The van der Waals surface area contributed by atoms with Crippen LogP contribution in [0.3, 0.4) is 0 Å². The predicted octanol–water partition coefficient (Wildman–Crippen LogP) is 1.95. The molecule has 0 aromatic heterocycles. The third-order valence-electron chi connectivity index (χ3n) is 2.55. The summed E-state index contributed by atoms with van der Waals surface area (Å²) in [4.78, 5) is 2.42. The number of aromatic hydroxyl groups is 1. The minimum absolute atomic E-state index is 0. The van der Waals surface area contributed by atoms with Gasteiger partial charge in [-0.05, 0) is 17.7 Å². The molecule has 1 aliphatic rings. The van der Waals surface area contributed by atoms with Gasteiger partial charge in [-0.15, -0.1) is 34.0 Å². The Labute approximate surface area is 117 Å².